The number of anilines is 1. The second-order valence-corrected chi connectivity index (χ2v) is 6.42. The van der Waals surface area contributed by atoms with Crippen molar-refractivity contribution >= 4 is 11.6 Å². The lowest BCUT2D eigenvalue weighted by Gasteiger charge is -2.40. The van der Waals surface area contributed by atoms with Gasteiger partial charge in [-0.3, -0.25) is 4.79 Å². The fourth-order valence-electron chi connectivity index (χ4n) is 2.45. The summed E-state index contributed by atoms with van der Waals surface area (Å²) in [5.74, 6) is -0.227. The first-order valence-electron chi connectivity index (χ1n) is 6.74. The highest BCUT2D eigenvalue weighted by Gasteiger charge is 2.36. The van der Waals surface area contributed by atoms with Gasteiger partial charge in [0.25, 0.3) is 5.91 Å². The van der Waals surface area contributed by atoms with Gasteiger partial charge < -0.3 is 21.1 Å². The molecule has 5 heteroatoms. The zero-order valence-electron chi connectivity index (χ0n) is 11.6. The Morgan fingerprint density at radius 2 is 2.05 bits per heavy atom. The molecule has 19 heavy (non-hydrogen) atoms. The van der Waals surface area contributed by atoms with E-state index in [1.165, 1.54) is 0 Å². The Balaban J connectivity index is 1.87. The van der Waals surface area contributed by atoms with Crippen molar-refractivity contribution < 1.29 is 9.90 Å². The molecule has 1 fully saturated rings. The number of rotatable bonds is 3. The fourth-order valence-corrected chi connectivity index (χ4v) is 2.45. The highest BCUT2D eigenvalue weighted by molar-refractivity contribution is 5.93. The monoisotopic (exact) mass is 265 g/mol. The predicted octanol–water partition coefficient (Wildman–Crippen LogP) is 1.66. The van der Waals surface area contributed by atoms with Crippen LogP contribution in [0.5, 0.6) is 0 Å². The van der Waals surface area contributed by atoms with Gasteiger partial charge >= 0.3 is 0 Å². The van der Waals surface area contributed by atoms with Gasteiger partial charge in [0.2, 0.25) is 0 Å². The van der Waals surface area contributed by atoms with E-state index in [9.17, 15) is 9.90 Å². The van der Waals surface area contributed by atoms with Gasteiger partial charge in [-0.2, -0.15) is 0 Å². The summed E-state index contributed by atoms with van der Waals surface area (Å²) >= 11 is 0. The van der Waals surface area contributed by atoms with E-state index >= 15 is 0 Å². The third-order valence-corrected chi connectivity index (χ3v) is 4.06. The number of nitrogens with one attached hydrogen (secondary N) is 2. The van der Waals surface area contributed by atoms with Crippen LogP contribution < -0.4 is 11.1 Å². The number of aliphatic hydroxyl groups is 1. The van der Waals surface area contributed by atoms with E-state index < -0.39 is 5.60 Å². The maximum atomic E-state index is 11.9. The Morgan fingerprint density at radius 3 is 2.58 bits per heavy atom. The summed E-state index contributed by atoms with van der Waals surface area (Å²) in [6.45, 7) is 4.72. The molecule has 1 aliphatic rings. The van der Waals surface area contributed by atoms with Crippen molar-refractivity contribution in [1.29, 1.82) is 0 Å². The number of nitrogens with two attached hydrogens (primary N) is 1. The molecule has 1 aromatic heterocycles. The molecule has 0 unspecified atom stereocenters. The minimum Gasteiger partial charge on any atom is -0.397 e. The Bertz CT molecular complexity index is 455. The molecule has 0 spiro atoms. The number of aromatic amines is 1. The number of nitrogen functional groups attached to an aromatic ring is 1. The molecule has 1 heterocycles. The van der Waals surface area contributed by atoms with Crippen molar-refractivity contribution in [2.24, 2.45) is 5.41 Å². The van der Waals surface area contributed by atoms with Gasteiger partial charge in [-0.1, -0.05) is 13.8 Å². The molecule has 5 N–H and O–H groups in total. The molecular formula is C14H23N3O2. The average Bonchev–Trinajstić information content (AvgIpc) is 2.78. The van der Waals surface area contributed by atoms with E-state index in [-0.39, 0.29) is 5.91 Å². The van der Waals surface area contributed by atoms with Crippen LogP contribution in [0.3, 0.4) is 0 Å². The van der Waals surface area contributed by atoms with E-state index in [1.54, 1.807) is 12.3 Å². The molecule has 5 nitrogen and oxygen atoms in total. The Morgan fingerprint density at radius 1 is 1.42 bits per heavy atom. The van der Waals surface area contributed by atoms with Crippen molar-refractivity contribution in [3.63, 3.8) is 0 Å². The molecule has 0 radical (unpaired) electrons. The summed E-state index contributed by atoms with van der Waals surface area (Å²) in [6, 6.07) is 1.59. The van der Waals surface area contributed by atoms with Crippen LogP contribution in [0, 0.1) is 5.41 Å². The number of hydrogen-bond donors (Lipinski definition) is 4. The maximum absolute atomic E-state index is 11.9. The SMILES string of the molecule is CC1(C)CCC(O)(CNC(=O)c2cc(N)c[nH]2)CC1. The zero-order valence-corrected chi connectivity index (χ0v) is 11.6. The van der Waals surface area contributed by atoms with Crippen LogP contribution in [0.4, 0.5) is 5.69 Å². The van der Waals surface area contributed by atoms with Gasteiger partial charge in [0.15, 0.2) is 0 Å². The normalized spacial score (nSPS) is 21.0. The van der Waals surface area contributed by atoms with Crippen molar-refractivity contribution in [3.05, 3.63) is 18.0 Å². The van der Waals surface area contributed by atoms with Crippen LogP contribution in [0.25, 0.3) is 0 Å². The molecule has 0 saturated heterocycles. The van der Waals surface area contributed by atoms with Crippen molar-refractivity contribution in [1.82, 2.24) is 10.3 Å². The van der Waals surface area contributed by atoms with Crippen molar-refractivity contribution in [3.8, 4) is 0 Å². The van der Waals surface area contributed by atoms with Crippen molar-refractivity contribution in [2.75, 3.05) is 12.3 Å². The third-order valence-electron chi connectivity index (χ3n) is 4.06. The summed E-state index contributed by atoms with van der Waals surface area (Å²) in [7, 11) is 0. The van der Waals surface area contributed by atoms with Crippen LogP contribution in [-0.2, 0) is 0 Å². The number of hydrogen-bond acceptors (Lipinski definition) is 3. The average molecular weight is 265 g/mol. The second kappa shape index (κ2) is 4.89. The number of amides is 1. The first-order chi connectivity index (χ1) is 8.80. The molecule has 0 bridgehead atoms. The topological polar surface area (TPSA) is 91.1 Å². The molecule has 1 aliphatic carbocycles. The molecule has 0 aliphatic heterocycles. The van der Waals surface area contributed by atoms with E-state index in [0.29, 0.717) is 23.3 Å². The second-order valence-electron chi connectivity index (χ2n) is 6.42. The summed E-state index contributed by atoms with van der Waals surface area (Å²) in [6.07, 6.45) is 5.00. The molecular weight excluding hydrogens is 242 g/mol. The highest BCUT2D eigenvalue weighted by Crippen LogP contribution is 2.39. The lowest BCUT2D eigenvalue weighted by molar-refractivity contribution is -0.0233. The molecule has 0 atom stereocenters. The van der Waals surface area contributed by atoms with Crippen LogP contribution in [0.2, 0.25) is 0 Å². The van der Waals surface area contributed by atoms with Crippen LogP contribution >= 0.6 is 0 Å². The molecule has 1 aromatic rings. The number of carbonyl (C=O) groups is 1. The van der Waals surface area contributed by atoms with Gasteiger partial charge in [0, 0.05) is 18.4 Å². The Labute approximate surface area is 113 Å². The quantitative estimate of drug-likeness (QED) is 0.670. The van der Waals surface area contributed by atoms with Gasteiger partial charge in [0.1, 0.15) is 5.69 Å². The first kappa shape index (κ1) is 13.9. The van der Waals surface area contributed by atoms with E-state index in [1.807, 2.05) is 0 Å². The molecule has 1 saturated carbocycles. The van der Waals surface area contributed by atoms with Crippen LogP contribution in [0.15, 0.2) is 12.3 Å². The summed E-state index contributed by atoms with van der Waals surface area (Å²) < 4.78 is 0. The molecule has 106 valence electrons. The molecule has 2 rings (SSSR count). The Hall–Kier alpha value is -1.49. The van der Waals surface area contributed by atoms with E-state index in [4.69, 9.17) is 5.73 Å². The summed E-state index contributed by atoms with van der Waals surface area (Å²) in [4.78, 5) is 14.7. The van der Waals surface area contributed by atoms with Crippen LogP contribution in [0.1, 0.15) is 50.0 Å². The lowest BCUT2D eigenvalue weighted by Crippen LogP contribution is -2.46. The van der Waals surface area contributed by atoms with Crippen LogP contribution in [-0.4, -0.2) is 28.1 Å². The third kappa shape index (κ3) is 3.50. The summed E-state index contributed by atoms with van der Waals surface area (Å²) in [5.41, 5.74) is 6.03. The highest BCUT2D eigenvalue weighted by atomic mass is 16.3. The predicted molar refractivity (Wildman–Crippen MR) is 74.7 cm³/mol. The lowest BCUT2D eigenvalue weighted by atomic mass is 9.71. The minimum atomic E-state index is -0.774. The Kier molecular flexibility index (Phi) is 3.58. The molecule has 0 aromatic carbocycles. The minimum absolute atomic E-state index is 0.227. The van der Waals surface area contributed by atoms with E-state index in [0.717, 1.165) is 25.7 Å². The van der Waals surface area contributed by atoms with Gasteiger partial charge in [-0.25, -0.2) is 0 Å². The van der Waals surface area contributed by atoms with Crippen molar-refractivity contribution in [2.45, 2.75) is 45.1 Å². The zero-order chi connectivity index (χ0) is 14.1. The number of H-pyrrole nitrogens is 1. The van der Waals surface area contributed by atoms with E-state index in [2.05, 4.69) is 24.1 Å². The van der Waals surface area contributed by atoms with Gasteiger partial charge in [-0.05, 0) is 37.2 Å². The number of carbonyl (C=O) groups excluding carboxylic acids is 1. The maximum Gasteiger partial charge on any atom is 0.267 e. The van der Waals surface area contributed by atoms with Gasteiger partial charge in [-0.15, -0.1) is 0 Å². The summed E-state index contributed by atoms with van der Waals surface area (Å²) in [5, 5.41) is 13.2. The number of aromatic nitrogens is 1. The smallest absolute Gasteiger partial charge is 0.267 e. The fraction of sp³-hybridized carbons (Fsp3) is 0.643. The van der Waals surface area contributed by atoms with Gasteiger partial charge in [0.05, 0.1) is 5.60 Å². The standard InChI is InChI=1S/C14H23N3O2/c1-13(2)3-5-14(19,6-4-13)9-17-12(18)11-7-10(15)8-16-11/h7-8,16,19H,3-6,9,15H2,1-2H3,(H,17,18). The molecule has 1 amide bonds. The first-order valence-corrected chi connectivity index (χ1v) is 6.74. The largest absolute Gasteiger partial charge is 0.397 e.